The topological polar surface area (TPSA) is 83.6 Å². The first kappa shape index (κ1) is 8.49. The lowest BCUT2D eigenvalue weighted by molar-refractivity contribution is -0.140. The van der Waals surface area contributed by atoms with E-state index in [9.17, 15) is 9.90 Å². The summed E-state index contributed by atoms with van der Waals surface area (Å²) >= 11 is 0. The normalized spacial score (nSPS) is 33.6. The van der Waals surface area contributed by atoms with E-state index in [-0.39, 0.29) is 5.92 Å². The lowest BCUT2D eigenvalue weighted by Gasteiger charge is -2.17. The third kappa shape index (κ3) is 1.70. The maximum Gasteiger partial charge on any atom is 0.320 e. The van der Waals surface area contributed by atoms with E-state index in [1.54, 1.807) is 0 Å². The number of rotatable bonds is 2. The van der Waals surface area contributed by atoms with E-state index in [1.807, 2.05) is 0 Å². The monoisotopic (exact) mass is 159 g/mol. The summed E-state index contributed by atoms with van der Waals surface area (Å²) in [5, 5.41) is 17.8. The number of carboxylic acid groups (broad SMARTS) is 1. The molecular formula is C7H13NO3. The van der Waals surface area contributed by atoms with Crippen LogP contribution in [0.5, 0.6) is 0 Å². The van der Waals surface area contributed by atoms with Crippen molar-refractivity contribution in [2.75, 3.05) is 0 Å². The molecule has 1 saturated carbocycles. The van der Waals surface area contributed by atoms with Crippen molar-refractivity contribution >= 4 is 5.97 Å². The van der Waals surface area contributed by atoms with Crippen LogP contribution in [0.15, 0.2) is 0 Å². The minimum Gasteiger partial charge on any atom is -0.480 e. The van der Waals surface area contributed by atoms with Gasteiger partial charge in [0, 0.05) is 5.92 Å². The first-order valence-corrected chi connectivity index (χ1v) is 3.79. The summed E-state index contributed by atoms with van der Waals surface area (Å²) in [6.45, 7) is 0. The lowest BCUT2D eigenvalue weighted by Crippen LogP contribution is -2.41. The molecule has 0 aliphatic heterocycles. The summed E-state index contributed by atoms with van der Waals surface area (Å²) in [5.41, 5.74) is 5.35. The maximum atomic E-state index is 10.4. The molecular weight excluding hydrogens is 146 g/mol. The predicted octanol–water partition coefficient (Wildman–Crippen LogP) is -0.441. The third-order valence-corrected chi connectivity index (χ3v) is 2.28. The molecule has 11 heavy (non-hydrogen) atoms. The molecule has 0 aromatic heterocycles. The number of hydrogen-bond acceptors (Lipinski definition) is 3. The van der Waals surface area contributed by atoms with Crippen molar-refractivity contribution in [1.29, 1.82) is 0 Å². The molecule has 1 aliphatic rings. The molecule has 0 saturated heterocycles. The number of carbonyl (C=O) groups is 1. The lowest BCUT2D eigenvalue weighted by atomic mass is 9.97. The Balaban J connectivity index is 2.52. The van der Waals surface area contributed by atoms with Gasteiger partial charge in [0.2, 0.25) is 0 Å². The van der Waals surface area contributed by atoms with Gasteiger partial charge in [-0.2, -0.15) is 0 Å². The van der Waals surface area contributed by atoms with Gasteiger partial charge >= 0.3 is 5.97 Å². The number of aliphatic carboxylic acids is 1. The molecule has 0 heterocycles. The average Bonchev–Trinajstić information content (AvgIpc) is 2.33. The van der Waals surface area contributed by atoms with Crippen molar-refractivity contribution in [3.05, 3.63) is 0 Å². The molecule has 1 rings (SSSR count). The average molecular weight is 159 g/mol. The van der Waals surface area contributed by atoms with Gasteiger partial charge in [0.15, 0.2) is 0 Å². The van der Waals surface area contributed by atoms with Crippen LogP contribution < -0.4 is 5.73 Å². The molecule has 0 aromatic rings. The molecule has 0 bridgehead atoms. The number of carboxylic acids is 1. The van der Waals surface area contributed by atoms with E-state index in [4.69, 9.17) is 10.8 Å². The zero-order valence-electron chi connectivity index (χ0n) is 6.23. The second kappa shape index (κ2) is 3.19. The molecule has 1 unspecified atom stereocenters. The van der Waals surface area contributed by atoms with Crippen LogP contribution in [0.4, 0.5) is 0 Å². The Hall–Kier alpha value is -0.610. The zero-order valence-corrected chi connectivity index (χ0v) is 6.23. The fraction of sp³-hybridized carbons (Fsp3) is 0.857. The summed E-state index contributed by atoms with van der Waals surface area (Å²) in [6, 6.07) is -0.896. The zero-order chi connectivity index (χ0) is 8.43. The Morgan fingerprint density at radius 3 is 2.55 bits per heavy atom. The van der Waals surface area contributed by atoms with Crippen LogP contribution in [0, 0.1) is 5.92 Å². The summed E-state index contributed by atoms with van der Waals surface area (Å²) in [7, 11) is 0. The van der Waals surface area contributed by atoms with E-state index >= 15 is 0 Å². The first-order chi connectivity index (χ1) is 5.13. The highest BCUT2D eigenvalue weighted by Crippen LogP contribution is 2.27. The van der Waals surface area contributed by atoms with Gasteiger partial charge in [0.1, 0.15) is 6.04 Å². The molecule has 0 amide bonds. The van der Waals surface area contributed by atoms with Gasteiger partial charge in [0.05, 0.1) is 6.10 Å². The third-order valence-electron chi connectivity index (χ3n) is 2.28. The van der Waals surface area contributed by atoms with Crippen LogP contribution in [0.25, 0.3) is 0 Å². The van der Waals surface area contributed by atoms with Gasteiger partial charge in [-0.1, -0.05) is 6.42 Å². The Kier molecular flexibility index (Phi) is 2.46. The highest BCUT2D eigenvalue weighted by molar-refractivity contribution is 5.73. The van der Waals surface area contributed by atoms with Gasteiger partial charge in [-0.3, -0.25) is 4.79 Å². The van der Waals surface area contributed by atoms with Crippen molar-refractivity contribution in [3.63, 3.8) is 0 Å². The van der Waals surface area contributed by atoms with Crippen LogP contribution in [-0.4, -0.2) is 28.3 Å². The van der Waals surface area contributed by atoms with Gasteiger partial charge in [-0.15, -0.1) is 0 Å². The van der Waals surface area contributed by atoms with Crippen LogP contribution in [0.3, 0.4) is 0 Å². The summed E-state index contributed by atoms with van der Waals surface area (Å²) in [4.78, 5) is 10.4. The van der Waals surface area contributed by atoms with Crippen molar-refractivity contribution in [1.82, 2.24) is 0 Å². The Labute approximate surface area is 65.0 Å². The number of aliphatic hydroxyl groups excluding tert-OH is 1. The minimum atomic E-state index is -1.02. The van der Waals surface area contributed by atoms with Gasteiger partial charge in [-0.05, 0) is 12.8 Å². The molecule has 4 heteroatoms. The highest BCUT2D eigenvalue weighted by atomic mass is 16.4. The molecule has 4 nitrogen and oxygen atoms in total. The van der Waals surface area contributed by atoms with Gasteiger partial charge < -0.3 is 15.9 Å². The molecule has 0 spiro atoms. The minimum absolute atomic E-state index is 0.243. The fourth-order valence-corrected chi connectivity index (χ4v) is 1.57. The van der Waals surface area contributed by atoms with Gasteiger partial charge in [0.25, 0.3) is 0 Å². The van der Waals surface area contributed by atoms with Crippen molar-refractivity contribution in [2.24, 2.45) is 11.7 Å². The summed E-state index contributed by atoms with van der Waals surface area (Å²) in [5.74, 6) is -1.26. The fourth-order valence-electron chi connectivity index (χ4n) is 1.57. The SMILES string of the molecule is NC(C(=O)O)[C@H]1CCC[C@@H]1O. The van der Waals surface area contributed by atoms with Crippen LogP contribution >= 0.6 is 0 Å². The van der Waals surface area contributed by atoms with Crippen molar-refractivity contribution < 1.29 is 15.0 Å². The van der Waals surface area contributed by atoms with Gasteiger partial charge in [-0.25, -0.2) is 0 Å². The molecule has 1 aliphatic carbocycles. The van der Waals surface area contributed by atoms with Crippen LogP contribution in [0.2, 0.25) is 0 Å². The number of hydrogen-bond donors (Lipinski definition) is 3. The van der Waals surface area contributed by atoms with E-state index in [1.165, 1.54) is 0 Å². The first-order valence-electron chi connectivity index (χ1n) is 3.79. The van der Waals surface area contributed by atoms with E-state index < -0.39 is 18.1 Å². The smallest absolute Gasteiger partial charge is 0.320 e. The molecule has 0 radical (unpaired) electrons. The molecule has 0 aromatic carbocycles. The largest absolute Gasteiger partial charge is 0.480 e. The summed E-state index contributed by atoms with van der Waals surface area (Å²) in [6.07, 6.45) is 1.79. The molecule has 1 fully saturated rings. The van der Waals surface area contributed by atoms with Crippen LogP contribution in [0.1, 0.15) is 19.3 Å². The van der Waals surface area contributed by atoms with E-state index in [2.05, 4.69) is 0 Å². The second-order valence-corrected chi connectivity index (χ2v) is 3.03. The van der Waals surface area contributed by atoms with E-state index in [0.717, 1.165) is 12.8 Å². The Morgan fingerprint density at radius 1 is 1.55 bits per heavy atom. The molecule has 64 valence electrons. The predicted molar refractivity (Wildman–Crippen MR) is 39.0 cm³/mol. The second-order valence-electron chi connectivity index (χ2n) is 3.03. The molecule has 3 atom stereocenters. The standard InChI is InChI=1S/C7H13NO3/c8-6(7(10)11)4-2-1-3-5(4)9/h4-6,9H,1-3,8H2,(H,10,11)/t4-,5-,6?/m0/s1. The maximum absolute atomic E-state index is 10.4. The Morgan fingerprint density at radius 2 is 2.18 bits per heavy atom. The van der Waals surface area contributed by atoms with Crippen molar-refractivity contribution in [3.8, 4) is 0 Å². The highest BCUT2D eigenvalue weighted by Gasteiger charge is 2.33. The van der Waals surface area contributed by atoms with E-state index in [0.29, 0.717) is 6.42 Å². The number of aliphatic hydroxyl groups is 1. The van der Waals surface area contributed by atoms with Crippen molar-refractivity contribution in [2.45, 2.75) is 31.4 Å². The number of nitrogens with two attached hydrogens (primary N) is 1. The Bertz CT molecular complexity index is 160. The quantitative estimate of drug-likeness (QED) is 0.510. The summed E-state index contributed by atoms with van der Waals surface area (Å²) < 4.78 is 0. The van der Waals surface area contributed by atoms with Crippen LogP contribution in [-0.2, 0) is 4.79 Å². The molecule has 4 N–H and O–H groups in total.